The summed E-state index contributed by atoms with van der Waals surface area (Å²) in [4.78, 5) is 2.46. The fraction of sp³-hybridized carbons (Fsp3) is 0.889. The van der Waals surface area contributed by atoms with E-state index in [2.05, 4.69) is 20.6 Å². The van der Waals surface area contributed by atoms with Crippen molar-refractivity contribution in [3.8, 4) is 0 Å². The first-order chi connectivity index (χ1) is 13.8. The molecule has 0 unspecified atom stereocenters. The van der Waals surface area contributed by atoms with Crippen molar-refractivity contribution in [3.05, 3.63) is 11.9 Å². The summed E-state index contributed by atoms with van der Waals surface area (Å²) in [5.41, 5.74) is 4.03. The average molecular weight is 399 g/mol. The number of hydrogen-bond acceptors (Lipinski definition) is 9. The largest absolute Gasteiger partial charge is 0.380 e. The summed E-state index contributed by atoms with van der Waals surface area (Å²) in [6.07, 6.45) is 4.48. The molecule has 0 radical (unpaired) electrons. The van der Waals surface area contributed by atoms with E-state index >= 15 is 0 Å². The molecule has 0 amide bonds. The standard InChI is InChI=1S/C18H34N6O4/c19-20-3-7-25-9-11-27-12-10-26-8-6-24-14-17(21-22-24)13-23-4-1-18(2-5-23)15-28-16-18/h14,20H,1-13,15-16,19H2. The van der Waals surface area contributed by atoms with E-state index in [1.807, 2.05) is 10.9 Å². The Kier molecular flexibility index (Phi) is 9.06. The Morgan fingerprint density at radius 3 is 2.36 bits per heavy atom. The third-order valence-corrected chi connectivity index (χ3v) is 5.30. The second kappa shape index (κ2) is 11.8. The van der Waals surface area contributed by atoms with Gasteiger partial charge in [0.2, 0.25) is 0 Å². The van der Waals surface area contributed by atoms with E-state index < -0.39 is 0 Å². The molecule has 0 aromatic carbocycles. The highest BCUT2D eigenvalue weighted by atomic mass is 16.5. The van der Waals surface area contributed by atoms with Crippen molar-refractivity contribution in [2.75, 3.05) is 72.5 Å². The minimum atomic E-state index is 0.476. The summed E-state index contributed by atoms with van der Waals surface area (Å²) in [5.74, 6) is 5.14. The number of ether oxygens (including phenoxy) is 4. The lowest BCUT2D eigenvalue weighted by molar-refractivity contribution is -0.140. The zero-order chi connectivity index (χ0) is 19.5. The highest BCUT2D eigenvalue weighted by Gasteiger charge is 2.41. The second-order valence-electron chi connectivity index (χ2n) is 7.53. The number of rotatable bonds is 14. The van der Waals surface area contributed by atoms with E-state index in [1.165, 1.54) is 12.8 Å². The van der Waals surface area contributed by atoms with Gasteiger partial charge >= 0.3 is 0 Å². The summed E-state index contributed by atoms with van der Waals surface area (Å²) in [5, 5.41) is 8.49. The lowest BCUT2D eigenvalue weighted by atomic mass is 9.77. The lowest BCUT2D eigenvalue weighted by Crippen LogP contribution is -2.50. The van der Waals surface area contributed by atoms with Crippen molar-refractivity contribution in [3.63, 3.8) is 0 Å². The zero-order valence-electron chi connectivity index (χ0n) is 16.7. The fourth-order valence-corrected chi connectivity index (χ4v) is 3.45. The molecule has 1 aromatic rings. The van der Waals surface area contributed by atoms with Crippen molar-refractivity contribution in [2.24, 2.45) is 11.3 Å². The molecule has 3 heterocycles. The topological polar surface area (TPSA) is 109 Å². The Morgan fingerprint density at radius 1 is 1.04 bits per heavy atom. The van der Waals surface area contributed by atoms with Crippen LogP contribution in [0.15, 0.2) is 6.20 Å². The van der Waals surface area contributed by atoms with E-state index in [4.69, 9.17) is 24.8 Å². The predicted octanol–water partition coefficient (Wildman–Crippen LogP) is -0.596. The monoisotopic (exact) mass is 398 g/mol. The van der Waals surface area contributed by atoms with Crippen LogP contribution in [0, 0.1) is 5.41 Å². The van der Waals surface area contributed by atoms with Crippen LogP contribution in [0.25, 0.3) is 0 Å². The first kappa shape index (κ1) is 21.6. The van der Waals surface area contributed by atoms with E-state index in [0.29, 0.717) is 58.1 Å². The molecule has 2 fully saturated rings. The summed E-state index contributed by atoms with van der Waals surface area (Å²) in [7, 11) is 0. The van der Waals surface area contributed by atoms with Crippen LogP contribution in [-0.4, -0.2) is 92.4 Å². The molecule has 1 aromatic heterocycles. The van der Waals surface area contributed by atoms with Gasteiger partial charge in [0.15, 0.2) is 0 Å². The van der Waals surface area contributed by atoms with Gasteiger partial charge in [0.25, 0.3) is 0 Å². The van der Waals surface area contributed by atoms with Crippen LogP contribution in [0.3, 0.4) is 0 Å². The minimum absolute atomic E-state index is 0.476. The molecule has 0 atom stereocenters. The smallest absolute Gasteiger partial charge is 0.0967 e. The van der Waals surface area contributed by atoms with E-state index in [1.54, 1.807) is 0 Å². The maximum absolute atomic E-state index is 5.58. The molecular formula is C18H34N6O4. The highest BCUT2D eigenvalue weighted by molar-refractivity contribution is 4.96. The van der Waals surface area contributed by atoms with Crippen molar-refractivity contribution in [1.82, 2.24) is 25.3 Å². The van der Waals surface area contributed by atoms with Crippen LogP contribution in [-0.2, 0) is 32.0 Å². The molecule has 3 rings (SSSR count). The van der Waals surface area contributed by atoms with Crippen molar-refractivity contribution >= 4 is 0 Å². The summed E-state index contributed by atoms with van der Waals surface area (Å²) in [6.45, 7) is 9.76. The number of nitrogens with one attached hydrogen (secondary N) is 1. The predicted molar refractivity (Wildman–Crippen MR) is 102 cm³/mol. The molecule has 2 aliphatic heterocycles. The van der Waals surface area contributed by atoms with Crippen molar-refractivity contribution in [2.45, 2.75) is 25.9 Å². The number of nitrogens with zero attached hydrogens (tertiary/aromatic N) is 4. The van der Waals surface area contributed by atoms with Crippen molar-refractivity contribution < 1.29 is 18.9 Å². The Hall–Kier alpha value is -1.14. The van der Waals surface area contributed by atoms with Gasteiger partial charge in [-0.05, 0) is 25.9 Å². The molecule has 0 saturated carbocycles. The van der Waals surface area contributed by atoms with Crippen LogP contribution in [0.2, 0.25) is 0 Å². The first-order valence-corrected chi connectivity index (χ1v) is 10.2. The molecule has 0 bridgehead atoms. The second-order valence-corrected chi connectivity index (χ2v) is 7.53. The van der Waals surface area contributed by atoms with Crippen molar-refractivity contribution in [1.29, 1.82) is 0 Å². The van der Waals surface area contributed by atoms with Crippen LogP contribution in [0.1, 0.15) is 18.5 Å². The molecule has 2 aliphatic rings. The summed E-state index contributed by atoms with van der Waals surface area (Å²) in [6, 6.07) is 0. The molecule has 28 heavy (non-hydrogen) atoms. The molecule has 160 valence electrons. The van der Waals surface area contributed by atoms with Crippen LogP contribution in [0.4, 0.5) is 0 Å². The SMILES string of the molecule is NNCCOCCOCCOCCn1cc(CN2CCC3(CC2)COC3)nn1. The minimum Gasteiger partial charge on any atom is -0.380 e. The Bertz CT molecular complexity index is 544. The maximum Gasteiger partial charge on any atom is 0.0967 e. The molecule has 3 N–H and O–H groups in total. The van der Waals surface area contributed by atoms with E-state index in [9.17, 15) is 0 Å². The third-order valence-electron chi connectivity index (χ3n) is 5.30. The van der Waals surface area contributed by atoms with Crippen LogP contribution in [0.5, 0.6) is 0 Å². The third kappa shape index (κ3) is 7.03. The summed E-state index contributed by atoms with van der Waals surface area (Å²) >= 11 is 0. The van der Waals surface area contributed by atoms with E-state index in [0.717, 1.165) is 38.5 Å². The molecule has 10 heteroatoms. The van der Waals surface area contributed by atoms with Gasteiger partial charge in [-0.3, -0.25) is 16.2 Å². The normalized spacial score (nSPS) is 19.2. The number of aromatic nitrogens is 3. The lowest BCUT2D eigenvalue weighted by Gasteiger charge is -2.47. The number of likely N-dealkylation sites (tertiary alicyclic amines) is 1. The van der Waals surface area contributed by atoms with Gasteiger partial charge in [0.05, 0.1) is 65.1 Å². The number of piperidine rings is 1. The van der Waals surface area contributed by atoms with Crippen LogP contribution >= 0.6 is 0 Å². The van der Waals surface area contributed by atoms with E-state index in [-0.39, 0.29) is 0 Å². The van der Waals surface area contributed by atoms with Gasteiger partial charge in [-0.1, -0.05) is 5.21 Å². The van der Waals surface area contributed by atoms with Gasteiger partial charge in [-0.2, -0.15) is 0 Å². The number of hydrogen-bond donors (Lipinski definition) is 2. The Labute approximate surface area is 166 Å². The number of hydrazine groups is 1. The fourth-order valence-electron chi connectivity index (χ4n) is 3.45. The van der Waals surface area contributed by atoms with Gasteiger partial charge < -0.3 is 18.9 Å². The Balaban J connectivity index is 1.18. The molecule has 1 spiro atoms. The van der Waals surface area contributed by atoms with Gasteiger partial charge in [-0.25, -0.2) is 4.68 Å². The number of nitrogens with two attached hydrogens (primary N) is 1. The maximum atomic E-state index is 5.58. The Morgan fingerprint density at radius 2 is 1.71 bits per heavy atom. The zero-order valence-corrected chi connectivity index (χ0v) is 16.7. The molecule has 0 aliphatic carbocycles. The average Bonchev–Trinajstić information content (AvgIpc) is 3.13. The van der Waals surface area contributed by atoms with Gasteiger partial charge in [-0.15, -0.1) is 5.10 Å². The first-order valence-electron chi connectivity index (χ1n) is 10.2. The molecule has 10 nitrogen and oxygen atoms in total. The van der Waals surface area contributed by atoms with Gasteiger partial charge in [0, 0.05) is 24.7 Å². The van der Waals surface area contributed by atoms with Crippen LogP contribution < -0.4 is 11.3 Å². The molecular weight excluding hydrogens is 364 g/mol. The van der Waals surface area contributed by atoms with Gasteiger partial charge in [0.1, 0.15) is 0 Å². The quantitative estimate of drug-likeness (QED) is 0.241. The highest BCUT2D eigenvalue weighted by Crippen LogP contribution is 2.38. The summed E-state index contributed by atoms with van der Waals surface area (Å²) < 4.78 is 23.5. The molecule has 2 saturated heterocycles.